The molecule has 5 heteroatoms. The van der Waals surface area contributed by atoms with Crippen LogP contribution >= 0.6 is 0 Å². The standard InChI is InChI=1S/C26H28FNO3/c1-18(2)24-6-4-5-7-25(24)31-19(3)26(29)28-16-20-10-14-23(15-11-20)30-17-21-8-12-22(27)13-9-21/h4-15,18-19H,16-17H2,1-3H3,(H,28,29)/t19-/m0/s1. The van der Waals surface area contributed by atoms with Gasteiger partial charge in [0.15, 0.2) is 6.10 Å². The summed E-state index contributed by atoms with van der Waals surface area (Å²) in [6.07, 6.45) is -0.599. The van der Waals surface area contributed by atoms with Gasteiger partial charge in [0.05, 0.1) is 0 Å². The summed E-state index contributed by atoms with van der Waals surface area (Å²) < 4.78 is 24.6. The summed E-state index contributed by atoms with van der Waals surface area (Å²) in [5.41, 5.74) is 2.93. The number of carbonyl (C=O) groups excluding carboxylic acids is 1. The van der Waals surface area contributed by atoms with Crippen LogP contribution in [-0.2, 0) is 17.9 Å². The fraction of sp³-hybridized carbons (Fsp3) is 0.269. The molecular weight excluding hydrogens is 393 g/mol. The molecule has 3 aromatic carbocycles. The first kappa shape index (κ1) is 22.3. The van der Waals surface area contributed by atoms with Gasteiger partial charge >= 0.3 is 0 Å². The molecule has 1 atom stereocenters. The van der Waals surface area contributed by atoms with E-state index < -0.39 is 6.10 Å². The Kier molecular flexibility index (Phi) is 7.65. The monoisotopic (exact) mass is 421 g/mol. The third-order valence-corrected chi connectivity index (χ3v) is 4.92. The molecule has 1 amide bonds. The topological polar surface area (TPSA) is 47.6 Å². The number of para-hydroxylation sites is 1. The molecule has 0 bridgehead atoms. The molecule has 4 nitrogen and oxygen atoms in total. The number of hydrogen-bond acceptors (Lipinski definition) is 3. The van der Waals surface area contributed by atoms with Gasteiger partial charge in [0.2, 0.25) is 0 Å². The molecule has 0 aliphatic carbocycles. The van der Waals surface area contributed by atoms with Crippen molar-refractivity contribution < 1.29 is 18.7 Å². The number of halogens is 1. The molecule has 3 rings (SSSR count). The molecule has 0 saturated carbocycles. The van der Waals surface area contributed by atoms with Crippen LogP contribution in [0.3, 0.4) is 0 Å². The maximum absolute atomic E-state index is 13.0. The average molecular weight is 422 g/mol. The van der Waals surface area contributed by atoms with Gasteiger partial charge < -0.3 is 14.8 Å². The Morgan fingerprint density at radius 1 is 0.903 bits per heavy atom. The number of carbonyl (C=O) groups is 1. The van der Waals surface area contributed by atoms with Crippen molar-refractivity contribution in [2.75, 3.05) is 0 Å². The maximum Gasteiger partial charge on any atom is 0.261 e. The highest BCUT2D eigenvalue weighted by Gasteiger charge is 2.17. The predicted octanol–water partition coefficient (Wildman–Crippen LogP) is 5.61. The third kappa shape index (κ3) is 6.57. The van der Waals surface area contributed by atoms with E-state index in [2.05, 4.69) is 19.2 Å². The second-order valence-electron chi connectivity index (χ2n) is 7.73. The number of amides is 1. The van der Waals surface area contributed by atoms with Crippen molar-refractivity contribution in [3.05, 3.63) is 95.3 Å². The number of hydrogen-bond donors (Lipinski definition) is 1. The molecule has 0 aromatic heterocycles. The van der Waals surface area contributed by atoms with E-state index in [-0.39, 0.29) is 11.7 Å². The molecule has 0 aliphatic rings. The van der Waals surface area contributed by atoms with E-state index in [9.17, 15) is 9.18 Å². The third-order valence-electron chi connectivity index (χ3n) is 4.92. The molecule has 0 heterocycles. The minimum atomic E-state index is -0.599. The first-order valence-electron chi connectivity index (χ1n) is 10.4. The van der Waals surface area contributed by atoms with Crippen molar-refractivity contribution in [2.45, 2.75) is 45.9 Å². The van der Waals surface area contributed by atoms with Gasteiger partial charge in [-0.3, -0.25) is 4.79 Å². The summed E-state index contributed by atoms with van der Waals surface area (Å²) in [4.78, 5) is 12.5. The predicted molar refractivity (Wildman–Crippen MR) is 120 cm³/mol. The fourth-order valence-electron chi connectivity index (χ4n) is 3.09. The number of ether oxygens (including phenoxy) is 2. The van der Waals surface area contributed by atoms with Crippen molar-refractivity contribution in [1.82, 2.24) is 5.32 Å². The lowest BCUT2D eigenvalue weighted by molar-refractivity contribution is -0.127. The van der Waals surface area contributed by atoms with Crippen LogP contribution < -0.4 is 14.8 Å². The Bertz CT molecular complexity index is 984. The summed E-state index contributed by atoms with van der Waals surface area (Å²) in [7, 11) is 0. The van der Waals surface area contributed by atoms with Gasteiger partial charge in [-0.1, -0.05) is 56.3 Å². The summed E-state index contributed by atoms with van der Waals surface area (Å²) in [5.74, 6) is 1.33. The van der Waals surface area contributed by atoms with Crippen molar-refractivity contribution >= 4 is 5.91 Å². The van der Waals surface area contributed by atoms with Crippen molar-refractivity contribution in [2.24, 2.45) is 0 Å². The molecule has 1 N–H and O–H groups in total. The van der Waals surface area contributed by atoms with Crippen LogP contribution in [0.4, 0.5) is 4.39 Å². The minimum Gasteiger partial charge on any atom is -0.489 e. The van der Waals surface area contributed by atoms with Gasteiger partial charge in [0, 0.05) is 6.54 Å². The Balaban J connectivity index is 1.48. The molecule has 0 radical (unpaired) electrons. The highest BCUT2D eigenvalue weighted by atomic mass is 19.1. The van der Waals surface area contributed by atoms with E-state index >= 15 is 0 Å². The van der Waals surface area contributed by atoms with E-state index in [1.54, 1.807) is 19.1 Å². The smallest absolute Gasteiger partial charge is 0.261 e. The Labute approximate surface area is 183 Å². The van der Waals surface area contributed by atoms with Crippen molar-refractivity contribution in [3.63, 3.8) is 0 Å². The molecule has 31 heavy (non-hydrogen) atoms. The SMILES string of the molecule is CC(C)c1ccccc1O[C@@H](C)C(=O)NCc1ccc(OCc2ccc(F)cc2)cc1. The highest BCUT2D eigenvalue weighted by molar-refractivity contribution is 5.80. The zero-order chi connectivity index (χ0) is 22.2. The number of benzene rings is 3. The van der Waals surface area contributed by atoms with Crippen molar-refractivity contribution in [1.29, 1.82) is 0 Å². The molecule has 0 unspecified atom stereocenters. The molecule has 162 valence electrons. The van der Waals surface area contributed by atoms with E-state index in [0.717, 1.165) is 22.4 Å². The van der Waals surface area contributed by atoms with Crippen LogP contribution in [0.25, 0.3) is 0 Å². The van der Waals surface area contributed by atoms with Gasteiger partial charge in [-0.05, 0) is 59.9 Å². The van der Waals surface area contributed by atoms with Gasteiger partial charge in [-0.25, -0.2) is 4.39 Å². The van der Waals surface area contributed by atoms with Crippen LogP contribution in [0.2, 0.25) is 0 Å². The van der Waals surface area contributed by atoms with Gasteiger partial charge in [0.1, 0.15) is 23.9 Å². The Hall–Kier alpha value is -3.34. The van der Waals surface area contributed by atoms with Crippen molar-refractivity contribution in [3.8, 4) is 11.5 Å². The Morgan fingerprint density at radius 2 is 1.55 bits per heavy atom. The highest BCUT2D eigenvalue weighted by Crippen LogP contribution is 2.26. The lowest BCUT2D eigenvalue weighted by Crippen LogP contribution is -2.36. The molecular formula is C26H28FNO3. The van der Waals surface area contributed by atoms with Gasteiger partial charge in [-0.15, -0.1) is 0 Å². The lowest BCUT2D eigenvalue weighted by atomic mass is 10.0. The molecule has 3 aromatic rings. The van der Waals surface area contributed by atoms with E-state index in [0.29, 0.717) is 24.8 Å². The molecule has 0 aliphatic heterocycles. The minimum absolute atomic E-state index is 0.171. The summed E-state index contributed by atoms with van der Waals surface area (Å²) in [5, 5.41) is 2.91. The van der Waals surface area contributed by atoms with Gasteiger partial charge in [0.25, 0.3) is 5.91 Å². The Morgan fingerprint density at radius 3 is 2.23 bits per heavy atom. The molecule has 0 spiro atoms. The largest absolute Gasteiger partial charge is 0.489 e. The average Bonchev–Trinajstić information content (AvgIpc) is 2.78. The van der Waals surface area contributed by atoms with Crippen LogP contribution in [0, 0.1) is 5.82 Å². The number of nitrogens with one attached hydrogen (secondary N) is 1. The fourth-order valence-corrected chi connectivity index (χ4v) is 3.09. The van der Waals surface area contributed by atoms with Crippen LogP contribution in [0.5, 0.6) is 11.5 Å². The lowest BCUT2D eigenvalue weighted by Gasteiger charge is -2.18. The van der Waals surface area contributed by atoms with Crippen LogP contribution in [0.1, 0.15) is 43.4 Å². The van der Waals surface area contributed by atoms with Crippen LogP contribution in [0.15, 0.2) is 72.8 Å². The zero-order valence-electron chi connectivity index (χ0n) is 18.1. The summed E-state index contributed by atoms with van der Waals surface area (Å²) >= 11 is 0. The normalized spacial score (nSPS) is 11.8. The van der Waals surface area contributed by atoms with E-state index in [1.807, 2.05) is 48.5 Å². The summed E-state index contributed by atoms with van der Waals surface area (Å²) in [6.45, 7) is 6.71. The number of rotatable bonds is 9. The molecule has 0 saturated heterocycles. The quantitative estimate of drug-likeness (QED) is 0.488. The maximum atomic E-state index is 13.0. The van der Waals surface area contributed by atoms with E-state index in [1.165, 1.54) is 12.1 Å². The second kappa shape index (κ2) is 10.6. The second-order valence-corrected chi connectivity index (χ2v) is 7.73. The van der Waals surface area contributed by atoms with Crippen LogP contribution in [-0.4, -0.2) is 12.0 Å². The first-order chi connectivity index (χ1) is 14.9. The summed E-state index contributed by atoms with van der Waals surface area (Å²) in [6, 6.07) is 21.5. The molecule has 0 fully saturated rings. The first-order valence-corrected chi connectivity index (χ1v) is 10.4. The van der Waals surface area contributed by atoms with Gasteiger partial charge in [-0.2, -0.15) is 0 Å². The zero-order valence-corrected chi connectivity index (χ0v) is 18.1. The van der Waals surface area contributed by atoms with E-state index in [4.69, 9.17) is 9.47 Å².